The molecule has 2 aromatic rings. The van der Waals surface area contributed by atoms with Crippen molar-refractivity contribution in [3.05, 3.63) is 45.8 Å². The quantitative estimate of drug-likeness (QED) is 0.632. The molecule has 0 saturated carbocycles. The Morgan fingerprint density at radius 2 is 1.89 bits per heavy atom. The number of benzene rings is 1. The normalized spacial score (nSPS) is 19.3. The molecule has 2 aliphatic heterocycles. The maximum Gasteiger partial charge on any atom is 0.256 e. The van der Waals surface area contributed by atoms with Crippen molar-refractivity contribution in [1.82, 2.24) is 14.1 Å². The van der Waals surface area contributed by atoms with Crippen molar-refractivity contribution in [2.45, 2.75) is 44.6 Å². The van der Waals surface area contributed by atoms with Gasteiger partial charge in [0.25, 0.3) is 11.8 Å². The third-order valence-electron chi connectivity index (χ3n) is 6.80. The summed E-state index contributed by atoms with van der Waals surface area (Å²) in [5.41, 5.74) is 1.93. The summed E-state index contributed by atoms with van der Waals surface area (Å²) in [7, 11) is -0.165. The van der Waals surface area contributed by atoms with Crippen LogP contribution in [0.1, 0.15) is 57.8 Å². The largest absolute Gasteiger partial charge is 0.345 e. The van der Waals surface area contributed by atoms with Crippen LogP contribution < -0.4 is 5.32 Å². The van der Waals surface area contributed by atoms with E-state index in [9.17, 15) is 18.0 Å². The molecule has 0 aliphatic carbocycles. The SMILES string of the molecule is CCN1CCc2c(sc(NC(=O)c3ccc(S(=O)(=O)N4CCCC(C)C4)cc3)c2C(=O)N(C)C)C1. The molecule has 35 heavy (non-hydrogen) atoms. The van der Waals surface area contributed by atoms with Gasteiger partial charge in [0.15, 0.2) is 0 Å². The third kappa shape index (κ3) is 5.30. The van der Waals surface area contributed by atoms with E-state index in [1.165, 1.54) is 44.8 Å². The second-order valence-electron chi connectivity index (χ2n) is 9.62. The Kier molecular flexibility index (Phi) is 7.65. The average Bonchev–Trinajstić information content (AvgIpc) is 3.20. The van der Waals surface area contributed by atoms with Crippen LogP contribution in [0, 0.1) is 5.92 Å². The van der Waals surface area contributed by atoms with E-state index in [-0.39, 0.29) is 16.7 Å². The number of nitrogens with zero attached hydrogens (tertiary/aromatic N) is 3. The molecule has 1 unspecified atom stereocenters. The van der Waals surface area contributed by atoms with Crippen LogP contribution in [-0.4, -0.2) is 74.6 Å². The Morgan fingerprint density at radius 3 is 2.51 bits per heavy atom. The Labute approximate surface area is 212 Å². The van der Waals surface area contributed by atoms with Crippen LogP contribution in [0.15, 0.2) is 29.2 Å². The maximum absolute atomic E-state index is 13.1. The van der Waals surface area contributed by atoms with Crippen molar-refractivity contribution in [2.24, 2.45) is 5.92 Å². The van der Waals surface area contributed by atoms with Gasteiger partial charge in [0, 0.05) is 50.7 Å². The second-order valence-corrected chi connectivity index (χ2v) is 12.7. The van der Waals surface area contributed by atoms with Crippen molar-refractivity contribution < 1.29 is 18.0 Å². The van der Waals surface area contributed by atoms with Gasteiger partial charge < -0.3 is 10.2 Å². The highest BCUT2D eigenvalue weighted by Crippen LogP contribution is 2.38. The van der Waals surface area contributed by atoms with Gasteiger partial charge in [-0.25, -0.2) is 8.42 Å². The molecule has 0 spiro atoms. The van der Waals surface area contributed by atoms with Gasteiger partial charge >= 0.3 is 0 Å². The first-order valence-corrected chi connectivity index (χ1v) is 14.4. The van der Waals surface area contributed by atoms with Gasteiger partial charge in [-0.2, -0.15) is 4.31 Å². The lowest BCUT2D eigenvalue weighted by molar-refractivity contribution is 0.0827. The third-order valence-corrected chi connectivity index (χ3v) is 9.82. The lowest BCUT2D eigenvalue weighted by atomic mass is 10.0. The molecule has 8 nitrogen and oxygen atoms in total. The van der Waals surface area contributed by atoms with Gasteiger partial charge in [-0.1, -0.05) is 13.8 Å². The Bertz CT molecular complexity index is 1200. The molecule has 2 aliphatic rings. The van der Waals surface area contributed by atoms with Crippen molar-refractivity contribution in [1.29, 1.82) is 0 Å². The van der Waals surface area contributed by atoms with E-state index in [0.717, 1.165) is 49.3 Å². The predicted octanol–water partition coefficient (Wildman–Crippen LogP) is 3.50. The number of carbonyl (C=O) groups excluding carboxylic acids is 2. The van der Waals surface area contributed by atoms with Crippen LogP contribution in [-0.2, 0) is 23.0 Å². The molecule has 1 fully saturated rings. The molecule has 190 valence electrons. The average molecular weight is 519 g/mol. The minimum atomic E-state index is -3.58. The Morgan fingerprint density at radius 1 is 1.17 bits per heavy atom. The molecule has 1 atom stereocenters. The Hall–Kier alpha value is -2.27. The van der Waals surface area contributed by atoms with Gasteiger partial charge in [-0.3, -0.25) is 14.5 Å². The number of piperidine rings is 1. The molecule has 1 aromatic carbocycles. The minimum absolute atomic E-state index is 0.125. The fourth-order valence-corrected chi connectivity index (χ4v) is 7.61. The van der Waals surface area contributed by atoms with E-state index in [0.29, 0.717) is 35.1 Å². The number of amides is 2. The number of nitrogens with one attached hydrogen (secondary N) is 1. The van der Waals surface area contributed by atoms with Crippen LogP contribution in [0.25, 0.3) is 0 Å². The first kappa shape index (κ1) is 25.8. The lowest BCUT2D eigenvalue weighted by Gasteiger charge is -2.30. The lowest BCUT2D eigenvalue weighted by Crippen LogP contribution is -2.39. The zero-order valence-electron chi connectivity index (χ0n) is 20.8. The van der Waals surface area contributed by atoms with Gasteiger partial charge in [-0.15, -0.1) is 11.3 Å². The molecule has 10 heteroatoms. The first-order valence-electron chi connectivity index (χ1n) is 12.1. The van der Waals surface area contributed by atoms with Crippen LogP contribution in [0.2, 0.25) is 0 Å². The second kappa shape index (κ2) is 10.4. The molecular formula is C25H34N4O4S2. The van der Waals surface area contributed by atoms with E-state index in [1.807, 2.05) is 0 Å². The number of carbonyl (C=O) groups is 2. The number of sulfonamides is 1. The van der Waals surface area contributed by atoms with E-state index in [2.05, 4.69) is 24.1 Å². The summed E-state index contributed by atoms with van der Waals surface area (Å²) >= 11 is 1.45. The van der Waals surface area contributed by atoms with Gasteiger partial charge in [0.05, 0.1) is 10.5 Å². The summed E-state index contributed by atoms with van der Waals surface area (Å²) in [6.07, 6.45) is 2.66. The number of hydrogen-bond donors (Lipinski definition) is 1. The molecular weight excluding hydrogens is 484 g/mol. The number of likely N-dealkylation sites (N-methyl/N-ethyl adjacent to an activating group) is 1. The summed E-state index contributed by atoms with van der Waals surface area (Å²) in [6.45, 7) is 7.80. The fraction of sp³-hybridized carbons (Fsp3) is 0.520. The van der Waals surface area contributed by atoms with E-state index in [4.69, 9.17) is 0 Å². The molecule has 0 radical (unpaired) electrons. The molecule has 3 heterocycles. The number of anilines is 1. The number of hydrogen-bond acceptors (Lipinski definition) is 6. The molecule has 4 rings (SSSR count). The standard InChI is InChI=1S/C25H34N4O4S2/c1-5-28-14-12-20-21(16-28)34-24(22(20)25(31)27(3)4)26-23(30)18-8-10-19(11-9-18)35(32,33)29-13-6-7-17(2)15-29/h8-11,17H,5-7,12-16H2,1-4H3,(H,26,30). The van der Waals surface area contributed by atoms with Gasteiger partial charge in [0.2, 0.25) is 10.0 Å². The predicted molar refractivity (Wildman–Crippen MR) is 139 cm³/mol. The Balaban J connectivity index is 1.56. The zero-order valence-corrected chi connectivity index (χ0v) is 22.5. The molecule has 1 aromatic heterocycles. The summed E-state index contributed by atoms with van der Waals surface area (Å²) < 4.78 is 27.6. The topological polar surface area (TPSA) is 90.0 Å². The number of thiophene rings is 1. The summed E-state index contributed by atoms with van der Waals surface area (Å²) in [4.78, 5) is 31.2. The van der Waals surface area contributed by atoms with Crippen molar-refractivity contribution >= 4 is 38.2 Å². The first-order chi connectivity index (χ1) is 16.6. The van der Waals surface area contributed by atoms with Crippen LogP contribution in [0.4, 0.5) is 5.00 Å². The van der Waals surface area contributed by atoms with Crippen molar-refractivity contribution in [3.8, 4) is 0 Å². The highest BCUT2D eigenvalue weighted by molar-refractivity contribution is 7.89. The van der Waals surface area contributed by atoms with Crippen LogP contribution in [0.5, 0.6) is 0 Å². The smallest absolute Gasteiger partial charge is 0.256 e. The summed E-state index contributed by atoms with van der Waals surface area (Å²) in [5, 5.41) is 3.49. The maximum atomic E-state index is 13.1. The zero-order chi connectivity index (χ0) is 25.3. The fourth-order valence-electron chi connectivity index (χ4n) is 4.73. The molecule has 1 N–H and O–H groups in total. The number of fused-ring (bicyclic) bond motifs is 1. The highest BCUT2D eigenvalue weighted by atomic mass is 32.2. The van der Waals surface area contributed by atoms with E-state index in [1.54, 1.807) is 14.1 Å². The van der Waals surface area contributed by atoms with Crippen LogP contribution >= 0.6 is 11.3 Å². The minimum Gasteiger partial charge on any atom is -0.345 e. The molecule has 2 amide bonds. The summed E-state index contributed by atoms with van der Waals surface area (Å²) in [6, 6.07) is 6.06. The monoisotopic (exact) mass is 518 g/mol. The van der Waals surface area contributed by atoms with Crippen molar-refractivity contribution in [3.63, 3.8) is 0 Å². The molecule has 0 bridgehead atoms. The van der Waals surface area contributed by atoms with Crippen molar-refractivity contribution in [2.75, 3.05) is 45.6 Å². The van der Waals surface area contributed by atoms with Gasteiger partial charge in [-0.05, 0) is 61.6 Å². The van der Waals surface area contributed by atoms with E-state index < -0.39 is 10.0 Å². The summed E-state index contributed by atoms with van der Waals surface area (Å²) in [5.74, 6) is -0.150. The highest BCUT2D eigenvalue weighted by Gasteiger charge is 2.30. The van der Waals surface area contributed by atoms with E-state index >= 15 is 0 Å². The van der Waals surface area contributed by atoms with Crippen LogP contribution in [0.3, 0.4) is 0 Å². The molecule has 1 saturated heterocycles. The number of rotatable bonds is 6. The van der Waals surface area contributed by atoms with Gasteiger partial charge in [0.1, 0.15) is 5.00 Å².